The topological polar surface area (TPSA) is 66.7 Å². The van der Waals surface area contributed by atoms with Crippen molar-refractivity contribution >= 4 is 39.6 Å². The fourth-order valence-corrected chi connectivity index (χ4v) is 3.96. The molecule has 6 nitrogen and oxygen atoms in total. The molecule has 0 aliphatic rings. The normalized spacial score (nSPS) is 11.3. The first-order valence-corrected chi connectivity index (χ1v) is 10.8. The number of benzene rings is 3. The molecule has 0 unspecified atom stereocenters. The summed E-state index contributed by atoms with van der Waals surface area (Å²) in [5.74, 6) is -0.264. The molecule has 3 aromatic carbocycles. The third-order valence-corrected chi connectivity index (χ3v) is 5.61. The number of rotatable bonds is 7. The van der Waals surface area contributed by atoms with Crippen molar-refractivity contribution in [2.75, 3.05) is 18.0 Å². The van der Waals surface area contributed by atoms with E-state index < -0.39 is 0 Å². The van der Waals surface area contributed by atoms with Crippen molar-refractivity contribution in [3.63, 3.8) is 0 Å². The van der Waals surface area contributed by atoms with E-state index in [9.17, 15) is 9.59 Å². The average Bonchev–Trinajstić information content (AvgIpc) is 2.83. The van der Waals surface area contributed by atoms with Gasteiger partial charge in [-0.1, -0.05) is 36.4 Å². The zero-order valence-electron chi connectivity index (χ0n) is 18.3. The van der Waals surface area contributed by atoms with E-state index in [1.807, 2.05) is 53.1 Å². The lowest BCUT2D eigenvalue weighted by molar-refractivity contribution is -0.121. The Kier molecular flexibility index (Phi) is 6.31. The third kappa shape index (κ3) is 4.25. The Morgan fingerprint density at radius 2 is 1.47 bits per heavy atom. The van der Waals surface area contributed by atoms with E-state index in [1.165, 1.54) is 0 Å². The maximum absolute atomic E-state index is 12.8. The van der Waals surface area contributed by atoms with E-state index in [-0.39, 0.29) is 17.9 Å². The van der Waals surface area contributed by atoms with Gasteiger partial charge in [0.1, 0.15) is 6.54 Å². The van der Waals surface area contributed by atoms with Crippen LogP contribution in [0, 0.1) is 0 Å². The number of hydrogen-bond donors (Lipinski definition) is 1. The largest absolute Gasteiger partial charge is 0.372 e. The molecule has 4 aromatic rings. The van der Waals surface area contributed by atoms with Crippen LogP contribution in [0.15, 0.2) is 82.7 Å². The summed E-state index contributed by atoms with van der Waals surface area (Å²) in [6.45, 7) is 6.22. The van der Waals surface area contributed by atoms with Crippen LogP contribution in [0.1, 0.15) is 19.4 Å². The van der Waals surface area contributed by atoms with Crippen molar-refractivity contribution in [2.45, 2.75) is 20.4 Å². The van der Waals surface area contributed by atoms with Gasteiger partial charge in [-0.3, -0.25) is 9.59 Å². The minimum atomic E-state index is -0.264. The number of pyridine rings is 1. The fourth-order valence-electron chi connectivity index (χ4n) is 3.96. The lowest BCUT2D eigenvalue weighted by Gasteiger charge is -2.20. The predicted molar refractivity (Wildman–Crippen MR) is 131 cm³/mol. The van der Waals surface area contributed by atoms with Crippen molar-refractivity contribution in [1.82, 2.24) is 9.99 Å². The Labute approximate surface area is 186 Å². The Morgan fingerprint density at radius 1 is 0.906 bits per heavy atom. The van der Waals surface area contributed by atoms with Crippen LogP contribution in [0.2, 0.25) is 0 Å². The molecular weight excluding hydrogens is 400 g/mol. The molecule has 1 amide bonds. The van der Waals surface area contributed by atoms with Gasteiger partial charge in [-0.05, 0) is 55.8 Å². The van der Waals surface area contributed by atoms with Crippen LogP contribution in [0.4, 0.5) is 5.69 Å². The molecule has 0 bridgehead atoms. The van der Waals surface area contributed by atoms with Gasteiger partial charge in [0.05, 0.1) is 17.2 Å². The SMILES string of the molecule is CCN(CC)c1ccc(/C=N/NC(=O)Cn2c3ccccc3c(=O)c3ccccc32)cc1. The van der Waals surface area contributed by atoms with Gasteiger partial charge in [-0.15, -0.1) is 0 Å². The molecule has 162 valence electrons. The molecule has 4 rings (SSSR count). The van der Waals surface area contributed by atoms with Crippen LogP contribution in [-0.4, -0.2) is 29.8 Å². The molecule has 6 heteroatoms. The molecule has 1 N–H and O–H groups in total. The summed E-state index contributed by atoms with van der Waals surface area (Å²) in [7, 11) is 0. The number of carbonyl (C=O) groups is 1. The standard InChI is InChI=1S/C26H26N4O2/c1-3-29(4-2)20-15-13-19(14-16-20)17-27-28-25(31)18-30-23-11-7-5-9-21(23)26(32)22-10-6-8-12-24(22)30/h5-17H,3-4,18H2,1-2H3,(H,28,31)/b27-17+. The number of anilines is 1. The Bertz CT molecular complexity index is 1280. The summed E-state index contributed by atoms with van der Waals surface area (Å²) in [4.78, 5) is 27.8. The summed E-state index contributed by atoms with van der Waals surface area (Å²) in [5, 5.41) is 5.30. The number of nitrogens with zero attached hydrogens (tertiary/aromatic N) is 3. The maximum Gasteiger partial charge on any atom is 0.260 e. The van der Waals surface area contributed by atoms with Crippen LogP contribution < -0.4 is 15.8 Å². The first kappa shape index (κ1) is 21.3. The van der Waals surface area contributed by atoms with E-state index >= 15 is 0 Å². The number of carbonyl (C=O) groups excluding carboxylic acids is 1. The first-order chi connectivity index (χ1) is 15.6. The number of para-hydroxylation sites is 2. The highest BCUT2D eigenvalue weighted by Gasteiger charge is 2.12. The quantitative estimate of drug-likeness (QED) is 0.274. The monoisotopic (exact) mass is 426 g/mol. The van der Waals surface area contributed by atoms with Gasteiger partial charge >= 0.3 is 0 Å². The highest BCUT2D eigenvalue weighted by molar-refractivity contribution is 5.95. The molecule has 0 aliphatic carbocycles. The predicted octanol–water partition coefficient (Wildman–Crippen LogP) is 4.15. The number of aromatic nitrogens is 1. The summed E-state index contributed by atoms with van der Waals surface area (Å²) >= 11 is 0. The second-order valence-corrected chi connectivity index (χ2v) is 7.51. The molecule has 0 saturated carbocycles. The second kappa shape index (κ2) is 9.47. The highest BCUT2D eigenvalue weighted by atomic mass is 16.2. The molecule has 0 fully saturated rings. The number of nitrogens with one attached hydrogen (secondary N) is 1. The lowest BCUT2D eigenvalue weighted by atomic mass is 10.1. The molecule has 1 aromatic heterocycles. The highest BCUT2D eigenvalue weighted by Crippen LogP contribution is 2.19. The van der Waals surface area contributed by atoms with Gasteiger partial charge in [0.2, 0.25) is 0 Å². The zero-order valence-corrected chi connectivity index (χ0v) is 18.3. The molecule has 0 aliphatic heterocycles. The van der Waals surface area contributed by atoms with Crippen LogP contribution in [0.25, 0.3) is 21.8 Å². The van der Waals surface area contributed by atoms with Gasteiger partial charge in [-0.2, -0.15) is 5.10 Å². The van der Waals surface area contributed by atoms with E-state index in [2.05, 4.69) is 41.4 Å². The summed E-state index contributed by atoms with van der Waals surface area (Å²) < 4.78 is 1.86. The number of amides is 1. The minimum absolute atomic E-state index is 0.0287. The molecule has 0 saturated heterocycles. The molecule has 32 heavy (non-hydrogen) atoms. The van der Waals surface area contributed by atoms with Gasteiger partial charge in [0, 0.05) is 29.5 Å². The molecule has 0 spiro atoms. The van der Waals surface area contributed by atoms with Crippen molar-refractivity contribution in [3.8, 4) is 0 Å². The lowest BCUT2D eigenvalue weighted by Crippen LogP contribution is -2.25. The summed E-state index contributed by atoms with van der Waals surface area (Å²) in [6, 6.07) is 22.8. The van der Waals surface area contributed by atoms with E-state index in [1.54, 1.807) is 18.3 Å². The van der Waals surface area contributed by atoms with Crippen molar-refractivity contribution in [1.29, 1.82) is 0 Å². The van der Waals surface area contributed by atoms with Crippen molar-refractivity contribution < 1.29 is 4.79 Å². The molecule has 0 atom stereocenters. The van der Waals surface area contributed by atoms with Crippen LogP contribution in [0.5, 0.6) is 0 Å². The fraction of sp³-hybridized carbons (Fsp3) is 0.192. The minimum Gasteiger partial charge on any atom is -0.372 e. The van der Waals surface area contributed by atoms with E-state index in [0.717, 1.165) is 35.4 Å². The summed E-state index contributed by atoms with van der Waals surface area (Å²) in [6.07, 6.45) is 1.63. The van der Waals surface area contributed by atoms with Crippen molar-refractivity contribution in [2.24, 2.45) is 5.10 Å². The average molecular weight is 427 g/mol. The van der Waals surface area contributed by atoms with Gasteiger partial charge in [-0.25, -0.2) is 5.43 Å². The molecule has 0 radical (unpaired) electrons. The van der Waals surface area contributed by atoms with E-state index in [4.69, 9.17) is 0 Å². The Balaban J connectivity index is 1.53. The maximum atomic E-state index is 12.8. The summed E-state index contributed by atoms with van der Waals surface area (Å²) in [5.41, 5.74) is 6.09. The van der Waals surface area contributed by atoms with Crippen LogP contribution in [-0.2, 0) is 11.3 Å². The number of hydrazone groups is 1. The zero-order chi connectivity index (χ0) is 22.5. The van der Waals surface area contributed by atoms with Gasteiger partial charge in [0.25, 0.3) is 5.91 Å². The molecule has 1 heterocycles. The van der Waals surface area contributed by atoms with Crippen molar-refractivity contribution in [3.05, 3.63) is 88.6 Å². The van der Waals surface area contributed by atoms with Crippen LogP contribution >= 0.6 is 0 Å². The van der Waals surface area contributed by atoms with Gasteiger partial charge in [0.15, 0.2) is 5.43 Å². The van der Waals surface area contributed by atoms with Crippen LogP contribution in [0.3, 0.4) is 0 Å². The smallest absolute Gasteiger partial charge is 0.260 e. The number of hydrogen-bond acceptors (Lipinski definition) is 4. The van der Waals surface area contributed by atoms with Gasteiger partial charge < -0.3 is 9.47 Å². The Morgan fingerprint density at radius 3 is 2.03 bits per heavy atom. The second-order valence-electron chi connectivity index (χ2n) is 7.51. The van der Waals surface area contributed by atoms with E-state index in [0.29, 0.717) is 10.8 Å². The molecular formula is C26H26N4O2. The third-order valence-electron chi connectivity index (χ3n) is 5.61. The first-order valence-electron chi connectivity index (χ1n) is 10.8. The Hall–Kier alpha value is -3.93. The number of fused-ring (bicyclic) bond motifs is 2.